The van der Waals surface area contributed by atoms with E-state index in [0.717, 1.165) is 45.6 Å². The molecule has 0 radical (unpaired) electrons. The number of fused-ring (bicyclic) bond motifs is 2. The van der Waals surface area contributed by atoms with E-state index in [4.69, 9.17) is 26.1 Å². The fraction of sp³-hybridized carbons (Fsp3) is 0.333. The van der Waals surface area contributed by atoms with E-state index in [-0.39, 0.29) is 24.8 Å². The molecule has 0 saturated carbocycles. The number of halogens is 4. The number of nitrogens with zero attached hydrogens (tertiary/aromatic N) is 4. The van der Waals surface area contributed by atoms with Crippen molar-refractivity contribution in [2.24, 2.45) is 0 Å². The van der Waals surface area contributed by atoms with E-state index in [1.165, 1.54) is 30.6 Å². The second-order valence-corrected chi connectivity index (χ2v) is 13.5. The van der Waals surface area contributed by atoms with Gasteiger partial charge in [0.1, 0.15) is 18.2 Å². The monoisotopic (exact) mass is 710 g/mol. The van der Waals surface area contributed by atoms with Crippen molar-refractivity contribution >= 4 is 39.1 Å². The van der Waals surface area contributed by atoms with E-state index >= 15 is 0 Å². The number of pyridine rings is 1. The Morgan fingerprint density at radius 2 is 1.86 bits per heavy atom. The van der Waals surface area contributed by atoms with Crippen molar-refractivity contribution in [3.63, 3.8) is 0 Å². The third-order valence-corrected chi connectivity index (χ3v) is 10.1. The summed E-state index contributed by atoms with van der Waals surface area (Å²) in [5.74, 6) is 0.695. The molecule has 1 aliphatic rings. The number of methoxy groups -OCH3 is 1. The van der Waals surface area contributed by atoms with Crippen LogP contribution in [0.15, 0.2) is 58.7 Å². The van der Waals surface area contributed by atoms with Crippen LogP contribution in [0.1, 0.15) is 50.7 Å². The van der Waals surface area contributed by atoms with Crippen molar-refractivity contribution in [3.8, 4) is 16.9 Å². The van der Waals surface area contributed by atoms with Gasteiger partial charge in [-0.1, -0.05) is 23.7 Å². The topological polar surface area (TPSA) is 86.5 Å². The summed E-state index contributed by atoms with van der Waals surface area (Å²) in [6.07, 6.45) is -2.46. The maximum atomic E-state index is 13.8. The number of benzene rings is 2. The van der Waals surface area contributed by atoms with Gasteiger partial charge in [0.05, 0.1) is 40.7 Å². The number of likely N-dealkylation sites (N-methyl/N-ethyl adjacent to an activating group) is 1. The van der Waals surface area contributed by atoms with Crippen LogP contribution in [-0.4, -0.2) is 52.2 Å². The summed E-state index contributed by atoms with van der Waals surface area (Å²) >= 11 is 7.82. The zero-order chi connectivity index (χ0) is 35.0. The van der Waals surface area contributed by atoms with E-state index in [2.05, 4.69) is 9.88 Å². The number of rotatable bonds is 9. The van der Waals surface area contributed by atoms with Gasteiger partial charge in [-0.3, -0.25) is 19.2 Å². The predicted octanol–water partition coefficient (Wildman–Crippen LogP) is 7.66. The van der Waals surface area contributed by atoms with Crippen molar-refractivity contribution < 1.29 is 27.4 Å². The molecule has 3 aromatic heterocycles. The Bertz CT molecular complexity index is 2100. The van der Waals surface area contributed by atoms with Crippen LogP contribution in [0.5, 0.6) is 5.75 Å². The lowest BCUT2D eigenvalue weighted by Gasteiger charge is -2.32. The number of hydrogen-bond acceptors (Lipinski definition) is 8. The fourth-order valence-electron chi connectivity index (χ4n) is 6.34. The molecular weight excluding hydrogens is 677 g/mol. The van der Waals surface area contributed by atoms with Crippen molar-refractivity contribution in [1.82, 2.24) is 19.4 Å². The lowest BCUT2D eigenvalue weighted by atomic mass is 9.91. The summed E-state index contributed by atoms with van der Waals surface area (Å²) in [4.78, 5) is 37.7. The molecule has 1 aliphatic carbocycles. The van der Waals surface area contributed by atoms with Crippen molar-refractivity contribution in [2.45, 2.75) is 58.4 Å². The molecule has 0 amide bonds. The number of aromatic nitrogens is 3. The fourth-order valence-corrected chi connectivity index (χ4v) is 7.52. The van der Waals surface area contributed by atoms with E-state index < -0.39 is 17.7 Å². The van der Waals surface area contributed by atoms with E-state index in [1.807, 2.05) is 33.0 Å². The summed E-state index contributed by atoms with van der Waals surface area (Å²) in [5, 5.41) is 2.24. The highest BCUT2D eigenvalue weighted by Crippen LogP contribution is 2.40. The number of hydrogen-bond donors (Lipinski definition) is 0. The zero-order valence-corrected chi connectivity index (χ0v) is 28.9. The Morgan fingerprint density at radius 3 is 2.57 bits per heavy atom. The van der Waals surface area contributed by atoms with Gasteiger partial charge < -0.3 is 9.47 Å². The van der Waals surface area contributed by atoms with Gasteiger partial charge in [0.15, 0.2) is 0 Å². The van der Waals surface area contributed by atoms with Crippen LogP contribution < -0.4 is 10.3 Å². The van der Waals surface area contributed by atoms with Gasteiger partial charge in [0.25, 0.3) is 5.56 Å². The maximum absolute atomic E-state index is 13.8. The average molecular weight is 711 g/mol. The number of alkyl halides is 3. The number of carbonyl (C=O) groups excluding carboxylic acids is 1. The first-order chi connectivity index (χ1) is 23.3. The van der Waals surface area contributed by atoms with E-state index in [9.17, 15) is 22.8 Å². The second kappa shape index (κ2) is 13.9. The molecule has 0 aliphatic heterocycles. The summed E-state index contributed by atoms with van der Waals surface area (Å²) in [6.45, 7) is 4.56. The van der Waals surface area contributed by atoms with Crippen LogP contribution in [0.2, 0.25) is 5.02 Å². The first kappa shape index (κ1) is 34.6. The summed E-state index contributed by atoms with van der Waals surface area (Å²) < 4.78 is 52.7. The Morgan fingerprint density at radius 1 is 1.10 bits per heavy atom. The molecule has 0 saturated heterocycles. The van der Waals surface area contributed by atoms with Crippen LogP contribution in [0.4, 0.5) is 13.2 Å². The Balaban J connectivity index is 1.19. The van der Waals surface area contributed by atoms with Crippen LogP contribution in [-0.2, 0) is 36.8 Å². The van der Waals surface area contributed by atoms with Gasteiger partial charge >= 0.3 is 12.1 Å². The van der Waals surface area contributed by atoms with E-state index in [0.29, 0.717) is 58.3 Å². The van der Waals surface area contributed by atoms with Gasteiger partial charge in [-0.2, -0.15) is 13.2 Å². The van der Waals surface area contributed by atoms with Gasteiger partial charge in [-0.25, -0.2) is 9.78 Å². The quantitative estimate of drug-likeness (QED) is 0.145. The van der Waals surface area contributed by atoms with Gasteiger partial charge in [-0.15, -0.1) is 11.3 Å². The molecule has 2 aromatic carbocycles. The average Bonchev–Trinajstić information content (AvgIpc) is 3.49. The molecule has 1 unspecified atom stereocenters. The molecule has 13 heteroatoms. The summed E-state index contributed by atoms with van der Waals surface area (Å²) in [5.41, 5.74) is 4.61. The normalized spacial score (nSPS) is 14.7. The minimum Gasteiger partial charge on any atom is -0.491 e. The standard InChI is InChI=1S/C36H34ClF3N4O4S/c1-20-15-27(33-32(41-20)29(19-49-33)35(46)47-4)26-16-24(37)9-12-31(26)48-14-13-44-21(2)42-30-11-10-25(17-28(30)34(44)45)43(3)18-22-5-7-23(8-6-22)36(38,39)40/h5-9,12,15-16,19,25H,10-11,13-14,17-18H2,1-4H3. The molecular formula is C36H34ClF3N4O4S. The molecule has 5 aromatic rings. The highest BCUT2D eigenvalue weighted by molar-refractivity contribution is 7.18. The smallest absolute Gasteiger partial charge is 0.416 e. The van der Waals surface area contributed by atoms with Crippen LogP contribution in [0.25, 0.3) is 21.3 Å². The molecule has 0 spiro atoms. The van der Waals surface area contributed by atoms with Crippen molar-refractivity contribution in [2.75, 3.05) is 20.8 Å². The highest BCUT2D eigenvalue weighted by atomic mass is 35.5. The molecule has 0 fully saturated rings. The predicted molar refractivity (Wildman–Crippen MR) is 184 cm³/mol. The number of carbonyl (C=O) groups is 1. The number of esters is 1. The highest BCUT2D eigenvalue weighted by Gasteiger charge is 2.31. The first-order valence-electron chi connectivity index (χ1n) is 15.7. The lowest BCUT2D eigenvalue weighted by molar-refractivity contribution is -0.137. The number of aryl methyl sites for hydroxylation is 3. The lowest BCUT2D eigenvalue weighted by Crippen LogP contribution is -2.41. The molecule has 8 nitrogen and oxygen atoms in total. The van der Waals surface area contributed by atoms with Crippen LogP contribution in [0.3, 0.4) is 0 Å². The Labute approximate surface area is 290 Å². The molecule has 49 heavy (non-hydrogen) atoms. The second-order valence-electron chi connectivity index (χ2n) is 12.2. The zero-order valence-electron chi connectivity index (χ0n) is 27.4. The number of ether oxygens (including phenoxy) is 2. The van der Waals surface area contributed by atoms with E-state index in [1.54, 1.807) is 22.1 Å². The molecule has 3 heterocycles. The molecule has 6 rings (SSSR count). The van der Waals surface area contributed by atoms with Gasteiger partial charge in [0, 0.05) is 45.4 Å². The molecule has 0 N–H and O–H groups in total. The minimum atomic E-state index is -4.38. The molecule has 256 valence electrons. The molecule has 1 atom stereocenters. The summed E-state index contributed by atoms with van der Waals surface area (Å²) in [6, 6.07) is 12.5. The largest absolute Gasteiger partial charge is 0.491 e. The third-order valence-electron chi connectivity index (χ3n) is 8.89. The third kappa shape index (κ3) is 7.22. The molecule has 0 bridgehead atoms. The van der Waals surface area contributed by atoms with Gasteiger partial charge in [0.2, 0.25) is 0 Å². The van der Waals surface area contributed by atoms with Crippen molar-refractivity contribution in [3.05, 3.63) is 109 Å². The Hall–Kier alpha value is -4.26. The first-order valence-corrected chi connectivity index (χ1v) is 16.9. The Kier molecular flexibility index (Phi) is 9.83. The minimum absolute atomic E-state index is 0.0333. The number of thiophene rings is 1. The SMILES string of the molecule is COC(=O)c1csc2c(-c3cc(Cl)ccc3OCCn3c(C)nc4c(c3=O)CC(N(C)Cc3ccc(C(F)(F)F)cc3)CC4)cc(C)nc12. The van der Waals surface area contributed by atoms with Crippen LogP contribution in [0, 0.1) is 13.8 Å². The van der Waals surface area contributed by atoms with Gasteiger partial charge in [-0.05, 0) is 82.1 Å². The summed E-state index contributed by atoms with van der Waals surface area (Å²) in [7, 11) is 3.26. The maximum Gasteiger partial charge on any atom is 0.416 e. The van der Waals surface area contributed by atoms with Crippen LogP contribution >= 0.6 is 22.9 Å². The van der Waals surface area contributed by atoms with Crippen molar-refractivity contribution in [1.29, 1.82) is 0 Å².